The summed E-state index contributed by atoms with van der Waals surface area (Å²) in [6.07, 6.45) is 3.12. The second-order valence-electron chi connectivity index (χ2n) is 6.25. The van der Waals surface area contributed by atoms with E-state index in [2.05, 4.69) is 20.0 Å². The van der Waals surface area contributed by atoms with Gasteiger partial charge in [0.25, 0.3) is 15.9 Å². The lowest BCUT2D eigenvalue weighted by Crippen LogP contribution is -2.20. The molecular weight excluding hydrogens is 460 g/mol. The van der Waals surface area contributed by atoms with E-state index in [4.69, 9.17) is 16.3 Å². The van der Waals surface area contributed by atoms with Gasteiger partial charge in [-0.15, -0.1) is 11.3 Å². The number of benzene rings is 2. The highest BCUT2D eigenvalue weighted by atomic mass is 35.5. The standard InChI is InChI=1S/C20H15ClN4O4S2/c21-16-7-8-17(19-15(16)2-1-9-22-19)29-12-18(26)24-13-3-5-14(6-4-13)31(27,28)25-20-23-10-11-30-20/h1-11H,12H2,(H,23,25)(H,24,26). The number of sulfonamides is 1. The molecule has 0 saturated heterocycles. The van der Waals surface area contributed by atoms with Gasteiger partial charge in [0.1, 0.15) is 11.3 Å². The van der Waals surface area contributed by atoms with E-state index in [1.807, 2.05) is 6.07 Å². The minimum atomic E-state index is -3.76. The molecule has 0 bridgehead atoms. The van der Waals surface area contributed by atoms with Gasteiger partial charge in [0.15, 0.2) is 11.7 Å². The van der Waals surface area contributed by atoms with Crippen molar-refractivity contribution in [2.24, 2.45) is 0 Å². The highest BCUT2D eigenvalue weighted by Crippen LogP contribution is 2.29. The van der Waals surface area contributed by atoms with Crippen molar-refractivity contribution >= 4 is 60.6 Å². The summed E-state index contributed by atoms with van der Waals surface area (Å²) >= 11 is 7.34. The Balaban J connectivity index is 1.39. The summed E-state index contributed by atoms with van der Waals surface area (Å²) in [5, 5.41) is 5.87. The third-order valence-corrected chi connectivity index (χ3v) is 6.64. The average molecular weight is 475 g/mol. The second-order valence-corrected chi connectivity index (χ2v) is 9.23. The van der Waals surface area contributed by atoms with Gasteiger partial charge in [0.2, 0.25) is 0 Å². The average Bonchev–Trinajstić information content (AvgIpc) is 3.26. The number of pyridine rings is 1. The van der Waals surface area contributed by atoms with Crippen molar-refractivity contribution in [1.29, 1.82) is 0 Å². The van der Waals surface area contributed by atoms with Gasteiger partial charge in [-0.3, -0.25) is 14.5 Å². The number of anilines is 2. The lowest BCUT2D eigenvalue weighted by atomic mass is 10.2. The van der Waals surface area contributed by atoms with Gasteiger partial charge in [-0.2, -0.15) is 0 Å². The summed E-state index contributed by atoms with van der Waals surface area (Å²) in [4.78, 5) is 20.5. The quantitative estimate of drug-likeness (QED) is 0.416. The van der Waals surface area contributed by atoms with Crippen LogP contribution in [0.5, 0.6) is 5.75 Å². The number of nitrogens with zero attached hydrogens (tertiary/aromatic N) is 2. The molecule has 31 heavy (non-hydrogen) atoms. The van der Waals surface area contributed by atoms with E-state index in [1.165, 1.54) is 41.8 Å². The van der Waals surface area contributed by atoms with Crippen LogP contribution in [-0.2, 0) is 14.8 Å². The Morgan fingerprint density at radius 2 is 1.87 bits per heavy atom. The van der Waals surface area contributed by atoms with Gasteiger partial charge in [0, 0.05) is 28.8 Å². The van der Waals surface area contributed by atoms with E-state index in [1.54, 1.807) is 29.8 Å². The summed E-state index contributed by atoms with van der Waals surface area (Å²) in [6.45, 7) is -0.251. The molecule has 0 atom stereocenters. The number of fused-ring (bicyclic) bond motifs is 1. The number of thiazole rings is 1. The summed E-state index contributed by atoms with van der Waals surface area (Å²) in [7, 11) is -3.76. The number of halogens is 1. The Morgan fingerprint density at radius 3 is 2.61 bits per heavy atom. The number of carbonyl (C=O) groups excluding carboxylic acids is 1. The molecule has 0 fully saturated rings. The number of aromatic nitrogens is 2. The van der Waals surface area contributed by atoms with Crippen LogP contribution in [-0.4, -0.2) is 30.9 Å². The van der Waals surface area contributed by atoms with Crippen molar-refractivity contribution < 1.29 is 17.9 Å². The Kier molecular flexibility index (Phi) is 6.03. The van der Waals surface area contributed by atoms with E-state index < -0.39 is 15.9 Å². The molecule has 158 valence electrons. The Labute approximate surface area is 186 Å². The molecule has 0 aliphatic rings. The molecule has 0 spiro atoms. The van der Waals surface area contributed by atoms with Gasteiger partial charge in [-0.25, -0.2) is 13.4 Å². The molecule has 2 aromatic heterocycles. The molecule has 2 aromatic carbocycles. The third kappa shape index (κ3) is 4.93. The summed E-state index contributed by atoms with van der Waals surface area (Å²) in [5.41, 5.74) is 0.992. The Bertz CT molecular complexity index is 1330. The zero-order valence-corrected chi connectivity index (χ0v) is 18.2. The molecule has 8 nitrogen and oxygen atoms in total. The highest BCUT2D eigenvalue weighted by Gasteiger charge is 2.16. The molecule has 2 heterocycles. The number of hydrogen-bond donors (Lipinski definition) is 2. The summed E-state index contributed by atoms with van der Waals surface area (Å²) in [5.74, 6) is 0.0281. The number of nitrogens with one attached hydrogen (secondary N) is 2. The first-order valence-corrected chi connectivity index (χ1v) is 11.6. The van der Waals surface area contributed by atoms with Gasteiger partial charge in [-0.05, 0) is 48.5 Å². The third-order valence-electron chi connectivity index (χ3n) is 4.14. The SMILES string of the molecule is O=C(COc1ccc(Cl)c2cccnc12)Nc1ccc(S(=O)(=O)Nc2nccs2)cc1. The molecule has 1 amide bonds. The van der Waals surface area contributed by atoms with Crippen molar-refractivity contribution in [3.8, 4) is 5.75 Å². The van der Waals surface area contributed by atoms with Gasteiger partial charge in [0.05, 0.1) is 9.92 Å². The normalized spacial score (nSPS) is 11.3. The fourth-order valence-electron chi connectivity index (χ4n) is 2.73. The minimum absolute atomic E-state index is 0.0515. The molecular formula is C20H15ClN4O4S2. The van der Waals surface area contributed by atoms with Crippen molar-refractivity contribution in [2.75, 3.05) is 16.6 Å². The molecule has 4 rings (SSSR count). The zero-order chi connectivity index (χ0) is 21.8. The number of amides is 1. The highest BCUT2D eigenvalue weighted by molar-refractivity contribution is 7.93. The molecule has 2 N–H and O–H groups in total. The van der Waals surface area contributed by atoms with Crippen LogP contribution in [0.15, 0.2) is 71.2 Å². The van der Waals surface area contributed by atoms with E-state index in [0.29, 0.717) is 22.0 Å². The van der Waals surface area contributed by atoms with Crippen molar-refractivity contribution in [3.63, 3.8) is 0 Å². The molecule has 0 aliphatic carbocycles. The van der Waals surface area contributed by atoms with Crippen LogP contribution in [0, 0.1) is 0 Å². The number of carbonyl (C=O) groups is 1. The van der Waals surface area contributed by atoms with Crippen molar-refractivity contribution in [3.05, 3.63) is 71.3 Å². The largest absolute Gasteiger partial charge is 0.481 e. The fraction of sp³-hybridized carbons (Fsp3) is 0.0500. The maximum absolute atomic E-state index is 12.4. The predicted molar refractivity (Wildman–Crippen MR) is 120 cm³/mol. The molecule has 11 heteroatoms. The maximum Gasteiger partial charge on any atom is 0.263 e. The van der Waals surface area contributed by atoms with Crippen molar-refractivity contribution in [1.82, 2.24) is 9.97 Å². The number of ether oxygens (including phenoxy) is 1. The molecule has 0 unspecified atom stereocenters. The van der Waals surface area contributed by atoms with Crippen LogP contribution >= 0.6 is 22.9 Å². The van der Waals surface area contributed by atoms with E-state index in [9.17, 15) is 13.2 Å². The molecule has 4 aromatic rings. The lowest BCUT2D eigenvalue weighted by Gasteiger charge is -2.10. The Morgan fingerprint density at radius 1 is 1.06 bits per heavy atom. The maximum atomic E-state index is 12.4. The smallest absolute Gasteiger partial charge is 0.263 e. The van der Waals surface area contributed by atoms with Gasteiger partial charge < -0.3 is 10.1 Å². The van der Waals surface area contributed by atoms with Crippen LogP contribution in [0.2, 0.25) is 5.02 Å². The first-order valence-electron chi connectivity index (χ1n) is 8.91. The number of rotatable bonds is 7. The van der Waals surface area contributed by atoms with E-state index in [0.717, 1.165) is 5.39 Å². The zero-order valence-electron chi connectivity index (χ0n) is 15.8. The molecule has 0 saturated carbocycles. The minimum Gasteiger partial charge on any atom is -0.481 e. The number of hydrogen-bond acceptors (Lipinski definition) is 7. The van der Waals surface area contributed by atoms with Gasteiger partial charge >= 0.3 is 0 Å². The molecule has 0 aliphatic heterocycles. The van der Waals surface area contributed by atoms with Crippen molar-refractivity contribution in [2.45, 2.75) is 4.90 Å². The van der Waals surface area contributed by atoms with Gasteiger partial charge in [-0.1, -0.05) is 11.6 Å². The van der Waals surface area contributed by atoms with Crippen LogP contribution in [0.25, 0.3) is 10.9 Å². The first kappa shape index (κ1) is 21.0. The lowest BCUT2D eigenvalue weighted by molar-refractivity contribution is -0.118. The van der Waals surface area contributed by atoms with Crippen LogP contribution in [0.4, 0.5) is 10.8 Å². The monoisotopic (exact) mass is 474 g/mol. The molecule has 0 radical (unpaired) electrons. The van der Waals surface area contributed by atoms with E-state index in [-0.39, 0.29) is 16.6 Å². The predicted octanol–water partition coefficient (Wildman–Crippen LogP) is 4.16. The Hall–Kier alpha value is -3.21. The topological polar surface area (TPSA) is 110 Å². The first-order chi connectivity index (χ1) is 14.9. The van der Waals surface area contributed by atoms with E-state index >= 15 is 0 Å². The van der Waals surface area contributed by atoms with Crippen LogP contribution in [0.1, 0.15) is 0 Å². The second kappa shape index (κ2) is 8.88. The fourth-order valence-corrected chi connectivity index (χ4v) is 4.74. The summed E-state index contributed by atoms with van der Waals surface area (Å²) < 4.78 is 32.7. The van der Waals surface area contributed by atoms with Crippen LogP contribution in [0.3, 0.4) is 0 Å². The van der Waals surface area contributed by atoms with Crippen LogP contribution < -0.4 is 14.8 Å². The summed E-state index contributed by atoms with van der Waals surface area (Å²) in [6, 6.07) is 12.7.